The maximum Gasteiger partial charge on any atom is 0.254 e. The number of rotatable bonds is 7. The quantitative estimate of drug-likeness (QED) is 0.775. The van der Waals surface area contributed by atoms with Crippen molar-refractivity contribution >= 4 is 23.4 Å². The number of carbonyl (C=O) groups excluding carboxylic acids is 3. The molecular formula is C18H25N3O3. The smallest absolute Gasteiger partial charge is 0.254 e. The first-order chi connectivity index (χ1) is 11.3. The molecule has 0 saturated carbocycles. The van der Waals surface area contributed by atoms with Gasteiger partial charge < -0.3 is 15.1 Å². The zero-order chi connectivity index (χ0) is 18.3. The van der Waals surface area contributed by atoms with Crippen molar-refractivity contribution in [3.63, 3.8) is 0 Å². The van der Waals surface area contributed by atoms with Gasteiger partial charge in [0, 0.05) is 30.9 Å². The first kappa shape index (κ1) is 19.4. The lowest BCUT2D eigenvalue weighted by Crippen LogP contribution is -2.42. The molecule has 24 heavy (non-hydrogen) atoms. The van der Waals surface area contributed by atoms with Crippen LogP contribution in [0.25, 0.3) is 0 Å². The van der Waals surface area contributed by atoms with E-state index in [4.69, 9.17) is 0 Å². The van der Waals surface area contributed by atoms with E-state index in [0.29, 0.717) is 17.8 Å². The third-order valence-electron chi connectivity index (χ3n) is 3.46. The average Bonchev–Trinajstić information content (AvgIpc) is 2.57. The summed E-state index contributed by atoms with van der Waals surface area (Å²) in [6.45, 7) is 9.46. The van der Waals surface area contributed by atoms with Gasteiger partial charge in [-0.2, -0.15) is 0 Å². The van der Waals surface area contributed by atoms with E-state index in [2.05, 4.69) is 11.9 Å². The maximum atomic E-state index is 12.5. The molecule has 1 rings (SSSR count). The van der Waals surface area contributed by atoms with Gasteiger partial charge in [0.15, 0.2) is 0 Å². The Hall–Kier alpha value is -2.63. The van der Waals surface area contributed by atoms with Gasteiger partial charge in [-0.3, -0.25) is 14.4 Å². The van der Waals surface area contributed by atoms with Crippen molar-refractivity contribution in [2.24, 2.45) is 0 Å². The molecule has 3 amide bonds. The van der Waals surface area contributed by atoms with Gasteiger partial charge in [0.05, 0.1) is 6.54 Å². The Bertz CT molecular complexity index is 608. The highest BCUT2D eigenvalue weighted by Crippen LogP contribution is 2.15. The number of hydrogen-bond donors (Lipinski definition) is 1. The maximum absolute atomic E-state index is 12.5. The van der Waals surface area contributed by atoms with Crippen LogP contribution in [0.1, 0.15) is 31.1 Å². The number of likely N-dealkylation sites (N-methyl/N-ethyl adjacent to an activating group) is 2. The SMILES string of the molecule is C=CC(=O)N(C)c1ccc(C(=O)N(CC)CC(=O)NC(C)C)cc1. The summed E-state index contributed by atoms with van der Waals surface area (Å²) in [6, 6.07) is 6.71. The summed E-state index contributed by atoms with van der Waals surface area (Å²) >= 11 is 0. The van der Waals surface area contributed by atoms with Gasteiger partial charge in [-0.25, -0.2) is 0 Å². The Labute approximate surface area is 143 Å². The summed E-state index contributed by atoms with van der Waals surface area (Å²) in [5, 5.41) is 2.77. The highest BCUT2D eigenvalue weighted by Gasteiger charge is 2.18. The standard InChI is InChI=1S/C18H25N3O3/c1-6-17(23)20(5)15-10-8-14(9-11-15)18(24)21(7-2)12-16(22)19-13(3)4/h6,8-11,13H,1,7,12H2,2-5H3,(H,19,22). The third-order valence-corrected chi connectivity index (χ3v) is 3.46. The van der Waals surface area contributed by atoms with Gasteiger partial charge in [0.2, 0.25) is 11.8 Å². The molecule has 0 bridgehead atoms. The predicted molar refractivity (Wildman–Crippen MR) is 94.9 cm³/mol. The number of hydrogen-bond acceptors (Lipinski definition) is 3. The zero-order valence-corrected chi connectivity index (χ0v) is 14.7. The largest absolute Gasteiger partial charge is 0.352 e. The second kappa shape index (κ2) is 8.86. The molecule has 1 aromatic rings. The molecule has 0 unspecified atom stereocenters. The van der Waals surface area contributed by atoms with Crippen LogP contribution in [0.5, 0.6) is 0 Å². The molecule has 0 aliphatic heterocycles. The zero-order valence-electron chi connectivity index (χ0n) is 14.7. The second-order valence-electron chi connectivity index (χ2n) is 5.69. The lowest BCUT2D eigenvalue weighted by Gasteiger charge is -2.22. The number of benzene rings is 1. The normalized spacial score (nSPS) is 10.2. The molecule has 0 radical (unpaired) electrons. The summed E-state index contributed by atoms with van der Waals surface area (Å²) in [7, 11) is 1.63. The number of anilines is 1. The fraction of sp³-hybridized carbons (Fsp3) is 0.389. The van der Waals surface area contributed by atoms with Crippen LogP contribution in [0.4, 0.5) is 5.69 Å². The van der Waals surface area contributed by atoms with E-state index >= 15 is 0 Å². The van der Waals surface area contributed by atoms with Gasteiger partial charge in [0.25, 0.3) is 5.91 Å². The molecule has 0 spiro atoms. The highest BCUT2D eigenvalue weighted by molar-refractivity contribution is 6.01. The van der Waals surface area contributed by atoms with Crippen LogP contribution >= 0.6 is 0 Å². The predicted octanol–water partition coefficient (Wildman–Crippen LogP) is 1.82. The van der Waals surface area contributed by atoms with Crippen molar-refractivity contribution in [2.45, 2.75) is 26.8 Å². The first-order valence-corrected chi connectivity index (χ1v) is 7.89. The summed E-state index contributed by atoms with van der Waals surface area (Å²) in [5.41, 5.74) is 1.13. The molecular weight excluding hydrogens is 306 g/mol. The Morgan fingerprint density at radius 3 is 2.25 bits per heavy atom. The molecule has 1 N–H and O–H groups in total. The first-order valence-electron chi connectivity index (χ1n) is 7.89. The van der Waals surface area contributed by atoms with E-state index in [-0.39, 0.29) is 30.3 Å². The van der Waals surface area contributed by atoms with Gasteiger partial charge in [-0.1, -0.05) is 6.58 Å². The molecule has 0 atom stereocenters. The van der Waals surface area contributed by atoms with Crippen LogP contribution in [0, 0.1) is 0 Å². The highest BCUT2D eigenvalue weighted by atomic mass is 16.2. The number of nitrogens with one attached hydrogen (secondary N) is 1. The molecule has 0 aliphatic carbocycles. The fourth-order valence-corrected chi connectivity index (χ4v) is 2.14. The van der Waals surface area contributed by atoms with Gasteiger partial charge >= 0.3 is 0 Å². The van der Waals surface area contributed by atoms with Gasteiger partial charge in [0.1, 0.15) is 0 Å². The van der Waals surface area contributed by atoms with Crippen LogP contribution < -0.4 is 10.2 Å². The lowest BCUT2D eigenvalue weighted by atomic mass is 10.1. The van der Waals surface area contributed by atoms with E-state index in [1.807, 2.05) is 20.8 Å². The molecule has 1 aromatic carbocycles. The van der Waals surface area contributed by atoms with E-state index in [1.54, 1.807) is 31.3 Å². The van der Waals surface area contributed by atoms with Gasteiger partial charge in [-0.05, 0) is 51.1 Å². The molecule has 6 nitrogen and oxygen atoms in total. The van der Waals surface area contributed by atoms with Crippen molar-refractivity contribution in [1.29, 1.82) is 0 Å². The summed E-state index contributed by atoms with van der Waals surface area (Å²) < 4.78 is 0. The molecule has 0 aromatic heterocycles. The third kappa shape index (κ3) is 5.22. The van der Waals surface area contributed by atoms with Crippen LogP contribution in [0.3, 0.4) is 0 Å². The molecule has 6 heteroatoms. The Kier molecular flexibility index (Phi) is 7.17. The number of carbonyl (C=O) groups is 3. The van der Waals surface area contributed by atoms with E-state index in [1.165, 1.54) is 15.9 Å². The van der Waals surface area contributed by atoms with Gasteiger partial charge in [-0.15, -0.1) is 0 Å². The van der Waals surface area contributed by atoms with Crippen LogP contribution in [-0.2, 0) is 9.59 Å². The number of nitrogens with zero attached hydrogens (tertiary/aromatic N) is 2. The monoisotopic (exact) mass is 331 g/mol. The Morgan fingerprint density at radius 1 is 1.21 bits per heavy atom. The summed E-state index contributed by atoms with van der Waals surface area (Å²) in [6.07, 6.45) is 1.23. The van der Waals surface area contributed by atoms with Crippen molar-refractivity contribution in [3.05, 3.63) is 42.5 Å². The Morgan fingerprint density at radius 2 is 1.79 bits per heavy atom. The molecule has 0 aliphatic rings. The molecule has 0 saturated heterocycles. The summed E-state index contributed by atoms with van der Waals surface area (Å²) in [4.78, 5) is 38.9. The Balaban J connectivity index is 2.83. The van der Waals surface area contributed by atoms with E-state index < -0.39 is 0 Å². The van der Waals surface area contributed by atoms with Crippen molar-refractivity contribution in [1.82, 2.24) is 10.2 Å². The minimum atomic E-state index is -0.227. The number of amides is 3. The van der Waals surface area contributed by atoms with Crippen LogP contribution in [-0.4, -0.2) is 48.8 Å². The topological polar surface area (TPSA) is 69.7 Å². The van der Waals surface area contributed by atoms with Crippen LogP contribution in [0.15, 0.2) is 36.9 Å². The minimum absolute atomic E-state index is 0.0180. The second-order valence-corrected chi connectivity index (χ2v) is 5.69. The fourth-order valence-electron chi connectivity index (χ4n) is 2.14. The molecule has 130 valence electrons. The summed E-state index contributed by atoms with van der Waals surface area (Å²) in [5.74, 6) is -0.636. The van der Waals surface area contributed by atoms with E-state index in [0.717, 1.165) is 0 Å². The minimum Gasteiger partial charge on any atom is -0.352 e. The van der Waals surface area contributed by atoms with Crippen molar-refractivity contribution in [3.8, 4) is 0 Å². The lowest BCUT2D eigenvalue weighted by molar-refractivity contribution is -0.122. The average molecular weight is 331 g/mol. The van der Waals surface area contributed by atoms with E-state index in [9.17, 15) is 14.4 Å². The van der Waals surface area contributed by atoms with Crippen LogP contribution in [0.2, 0.25) is 0 Å². The van der Waals surface area contributed by atoms with Crippen molar-refractivity contribution in [2.75, 3.05) is 25.0 Å². The molecule has 0 fully saturated rings. The molecule has 0 heterocycles. The van der Waals surface area contributed by atoms with Crippen molar-refractivity contribution < 1.29 is 14.4 Å².